The van der Waals surface area contributed by atoms with E-state index in [1.807, 2.05) is 0 Å². The van der Waals surface area contributed by atoms with Crippen LogP contribution < -0.4 is 0 Å². The molecule has 0 heteroatoms. The van der Waals surface area contributed by atoms with Gasteiger partial charge in [-0.2, -0.15) is 0 Å². The van der Waals surface area contributed by atoms with Crippen molar-refractivity contribution < 1.29 is 0 Å². The zero-order valence-corrected chi connectivity index (χ0v) is 13.1. The van der Waals surface area contributed by atoms with Crippen LogP contribution in [-0.4, -0.2) is 0 Å². The summed E-state index contributed by atoms with van der Waals surface area (Å²) in [6.07, 6.45) is 4.74. The molecule has 21 heavy (non-hydrogen) atoms. The molecule has 0 aliphatic heterocycles. The van der Waals surface area contributed by atoms with Crippen molar-refractivity contribution in [2.45, 2.75) is 33.6 Å². The number of aryl methyl sites for hydroxylation is 3. The standard InChI is InChI=1S/C21H22/c1-15-13-16(2)21(17(3)14-15)20(19-10-11-19)12-9-18-7-5-4-6-8-18/h4-9,13-14,19H,10-11H2,1-3H3. The van der Waals surface area contributed by atoms with Crippen molar-refractivity contribution in [3.63, 3.8) is 0 Å². The van der Waals surface area contributed by atoms with Gasteiger partial charge in [-0.15, -0.1) is 5.73 Å². The lowest BCUT2D eigenvalue weighted by molar-refractivity contribution is 1.13. The highest BCUT2D eigenvalue weighted by atomic mass is 14.3. The Kier molecular flexibility index (Phi) is 3.82. The second-order valence-corrected chi connectivity index (χ2v) is 6.16. The number of allylic oxidation sites excluding steroid dienone is 1. The van der Waals surface area contributed by atoms with Gasteiger partial charge < -0.3 is 0 Å². The highest BCUT2D eigenvalue weighted by Gasteiger charge is 2.28. The van der Waals surface area contributed by atoms with E-state index in [9.17, 15) is 0 Å². The molecule has 0 spiro atoms. The average Bonchev–Trinajstić information content (AvgIpc) is 3.27. The summed E-state index contributed by atoms with van der Waals surface area (Å²) in [5.74, 6) is 0.699. The quantitative estimate of drug-likeness (QED) is 0.628. The molecular weight excluding hydrogens is 252 g/mol. The Balaban J connectivity index is 2.10. The van der Waals surface area contributed by atoms with Crippen LogP contribution in [0.2, 0.25) is 0 Å². The van der Waals surface area contributed by atoms with Crippen LogP contribution in [0.15, 0.2) is 48.2 Å². The maximum atomic E-state index is 3.61. The van der Waals surface area contributed by atoms with Gasteiger partial charge in [0.05, 0.1) is 0 Å². The molecule has 3 rings (SSSR count). The molecule has 0 nitrogen and oxygen atoms in total. The fraction of sp³-hybridized carbons (Fsp3) is 0.286. The van der Waals surface area contributed by atoms with Gasteiger partial charge in [-0.3, -0.25) is 0 Å². The first-order valence-electron chi connectivity index (χ1n) is 7.75. The molecule has 0 atom stereocenters. The second-order valence-electron chi connectivity index (χ2n) is 6.16. The highest BCUT2D eigenvalue weighted by molar-refractivity contribution is 5.76. The molecule has 0 radical (unpaired) electrons. The van der Waals surface area contributed by atoms with Crippen molar-refractivity contribution in [2.75, 3.05) is 0 Å². The van der Waals surface area contributed by atoms with E-state index in [2.05, 4.69) is 75.0 Å². The van der Waals surface area contributed by atoms with E-state index in [1.54, 1.807) is 0 Å². The minimum absolute atomic E-state index is 0.699. The summed E-state index contributed by atoms with van der Waals surface area (Å²) in [6.45, 7) is 6.62. The first-order chi connectivity index (χ1) is 10.1. The van der Waals surface area contributed by atoms with E-state index in [0.717, 1.165) is 0 Å². The van der Waals surface area contributed by atoms with Gasteiger partial charge in [0.2, 0.25) is 0 Å². The maximum Gasteiger partial charge on any atom is 0.00486 e. The summed E-state index contributed by atoms with van der Waals surface area (Å²) in [5, 5.41) is 0. The molecule has 0 unspecified atom stereocenters. The Hall–Kier alpha value is -2.04. The third-order valence-corrected chi connectivity index (χ3v) is 4.13. The van der Waals surface area contributed by atoms with E-state index in [1.165, 1.54) is 46.2 Å². The molecule has 2 aromatic rings. The second kappa shape index (κ2) is 5.76. The first kappa shape index (κ1) is 13.9. The Morgan fingerprint density at radius 3 is 2.19 bits per heavy atom. The molecule has 2 aromatic carbocycles. The summed E-state index contributed by atoms with van der Waals surface area (Å²) in [4.78, 5) is 0. The molecule has 0 bridgehead atoms. The van der Waals surface area contributed by atoms with Gasteiger partial charge in [-0.25, -0.2) is 0 Å². The highest BCUT2D eigenvalue weighted by Crippen LogP contribution is 2.43. The third kappa shape index (κ3) is 3.17. The summed E-state index contributed by atoms with van der Waals surface area (Å²) < 4.78 is 0. The monoisotopic (exact) mass is 274 g/mol. The Morgan fingerprint density at radius 2 is 1.62 bits per heavy atom. The minimum atomic E-state index is 0.699. The van der Waals surface area contributed by atoms with Crippen molar-refractivity contribution in [2.24, 2.45) is 5.92 Å². The van der Waals surface area contributed by atoms with Crippen LogP contribution in [0.4, 0.5) is 0 Å². The third-order valence-electron chi connectivity index (χ3n) is 4.13. The lowest BCUT2D eigenvalue weighted by Crippen LogP contribution is -1.95. The Bertz CT molecular complexity index is 686. The Labute approximate surface area is 127 Å². The SMILES string of the molecule is Cc1cc(C)c(C(=C=Cc2ccccc2)C2CC2)c(C)c1. The summed E-state index contributed by atoms with van der Waals surface area (Å²) in [7, 11) is 0. The van der Waals surface area contributed by atoms with Crippen LogP contribution >= 0.6 is 0 Å². The van der Waals surface area contributed by atoms with E-state index in [4.69, 9.17) is 0 Å². The molecule has 0 saturated heterocycles. The molecule has 0 amide bonds. The molecule has 0 aromatic heterocycles. The molecule has 1 aliphatic carbocycles. The molecular formula is C21H22. The van der Waals surface area contributed by atoms with Gasteiger partial charge in [0.25, 0.3) is 0 Å². The maximum absolute atomic E-state index is 3.61. The van der Waals surface area contributed by atoms with Crippen LogP contribution in [0.3, 0.4) is 0 Å². The predicted molar refractivity (Wildman–Crippen MR) is 91.2 cm³/mol. The van der Waals surface area contributed by atoms with Crippen molar-refractivity contribution in [1.82, 2.24) is 0 Å². The summed E-state index contributed by atoms with van der Waals surface area (Å²) in [6, 6.07) is 15.0. The van der Waals surface area contributed by atoms with Crippen molar-refractivity contribution in [3.8, 4) is 0 Å². The number of hydrogen-bond donors (Lipinski definition) is 0. The van der Waals surface area contributed by atoms with Gasteiger partial charge >= 0.3 is 0 Å². The summed E-state index contributed by atoms with van der Waals surface area (Å²) >= 11 is 0. The van der Waals surface area contributed by atoms with Crippen LogP contribution in [0.1, 0.15) is 40.7 Å². The summed E-state index contributed by atoms with van der Waals surface area (Å²) in [5.41, 5.74) is 11.7. The fourth-order valence-electron chi connectivity index (χ4n) is 3.08. The molecule has 106 valence electrons. The normalized spacial score (nSPS) is 13.7. The molecule has 1 aliphatic rings. The molecule has 0 N–H and O–H groups in total. The molecule has 0 heterocycles. The van der Waals surface area contributed by atoms with Gasteiger partial charge in [0.15, 0.2) is 0 Å². The lowest BCUT2D eigenvalue weighted by Gasteiger charge is -2.13. The zero-order valence-electron chi connectivity index (χ0n) is 13.1. The van der Waals surface area contributed by atoms with Gasteiger partial charge in [-0.1, -0.05) is 48.0 Å². The minimum Gasteiger partial charge on any atom is -0.116 e. The smallest absolute Gasteiger partial charge is 0.00486 e. The zero-order chi connectivity index (χ0) is 14.8. The number of hydrogen-bond acceptors (Lipinski definition) is 0. The van der Waals surface area contributed by atoms with E-state index >= 15 is 0 Å². The number of rotatable bonds is 3. The van der Waals surface area contributed by atoms with E-state index in [-0.39, 0.29) is 0 Å². The predicted octanol–water partition coefficient (Wildman–Crippen LogP) is 5.72. The van der Waals surface area contributed by atoms with Crippen LogP contribution in [0.25, 0.3) is 11.6 Å². The van der Waals surface area contributed by atoms with Gasteiger partial charge in [-0.05, 0) is 67.9 Å². The van der Waals surface area contributed by atoms with Gasteiger partial charge in [0, 0.05) is 5.57 Å². The first-order valence-corrected chi connectivity index (χ1v) is 7.75. The Morgan fingerprint density at radius 1 is 1.00 bits per heavy atom. The van der Waals surface area contributed by atoms with Gasteiger partial charge in [0.1, 0.15) is 0 Å². The average molecular weight is 274 g/mol. The van der Waals surface area contributed by atoms with Crippen molar-refractivity contribution >= 4 is 11.6 Å². The van der Waals surface area contributed by atoms with E-state index in [0.29, 0.717) is 5.92 Å². The van der Waals surface area contributed by atoms with E-state index < -0.39 is 0 Å². The van der Waals surface area contributed by atoms with Crippen LogP contribution in [-0.2, 0) is 0 Å². The lowest BCUT2D eigenvalue weighted by atomic mass is 9.91. The fourth-order valence-corrected chi connectivity index (χ4v) is 3.08. The van der Waals surface area contributed by atoms with Crippen LogP contribution in [0.5, 0.6) is 0 Å². The topological polar surface area (TPSA) is 0 Å². The largest absolute Gasteiger partial charge is 0.116 e. The van der Waals surface area contributed by atoms with Crippen molar-refractivity contribution in [3.05, 3.63) is 76.0 Å². The van der Waals surface area contributed by atoms with Crippen molar-refractivity contribution in [1.29, 1.82) is 0 Å². The molecule has 1 saturated carbocycles. The van der Waals surface area contributed by atoms with Crippen LogP contribution in [0, 0.1) is 26.7 Å². The molecule has 1 fully saturated rings. The number of benzene rings is 2.